The number of rotatable bonds is 9. The summed E-state index contributed by atoms with van der Waals surface area (Å²) in [5, 5.41) is 13.7. The average molecular weight is 437 g/mol. The minimum atomic E-state index is -4.04. The number of benzene rings is 2. The van der Waals surface area contributed by atoms with Crippen molar-refractivity contribution in [2.75, 3.05) is 34.9 Å². The number of hydrogen-bond donors (Lipinski definition) is 2. The number of phenols is 1. The molecule has 0 unspecified atom stereocenters. The summed E-state index contributed by atoms with van der Waals surface area (Å²) in [6.07, 6.45) is 1.22. The normalized spacial score (nSPS) is 11.5. The molecule has 2 aromatic carbocycles. The number of nitrogens with zero attached hydrogens (tertiary/aromatic N) is 2. The molecule has 0 atom stereocenters. The van der Waals surface area contributed by atoms with Crippen molar-refractivity contribution >= 4 is 22.1 Å². The minimum Gasteiger partial charge on any atom is -0.504 e. The molecule has 2 aromatic rings. The van der Waals surface area contributed by atoms with E-state index >= 15 is 0 Å². The number of para-hydroxylation sites is 1. The number of sulfonamides is 1. The minimum absolute atomic E-state index is 0.120. The Morgan fingerprint density at radius 3 is 2.47 bits per heavy atom. The van der Waals surface area contributed by atoms with E-state index in [9.17, 15) is 18.3 Å². The quantitative estimate of drug-likeness (QED) is 0.446. The maximum Gasteiger partial charge on any atom is 0.255 e. The van der Waals surface area contributed by atoms with Gasteiger partial charge >= 0.3 is 0 Å². The standard InChI is InChI=1S/C19H23N3O7S/c1-22(30(25,26)17-10-14(27-2)8-9-15(17)28-3)12-18(23)21-20-11-13-6-5-7-16(29-4)19(13)24/h5-11,24H,12H2,1-4H3,(H,21,23). The van der Waals surface area contributed by atoms with Gasteiger partial charge in [-0.15, -0.1) is 0 Å². The fourth-order valence-corrected chi connectivity index (χ4v) is 3.75. The van der Waals surface area contributed by atoms with Gasteiger partial charge < -0.3 is 19.3 Å². The Morgan fingerprint density at radius 1 is 1.13 bits per heavy atom. The van der Waals surface area contributed by atoms with Gasteiger partial charge in [-0.2, -0.15) is 9.41 Å². The highest BCUT2D eigenvalue weighted by Gasteiger charge is 2.27. The predicted molar refractivity (Wildman–Crippen MR) is 110 cm³/mol. The van der Waals surface area contributed by atoms with Gasteiger partial charge in [0.2, 0.25) is 10.0 Å². The first kappa shape index (κ1) is 23.0. The number of ether oxygens (including phenoxy) is 3. The third-order valence-corrected chi connectivity index (χ3v) is 5.89. The second-order valence-electron chi connectivity index (χ2n) is 5.97. The highest BCUT2D eigenvalue weighted by molar-refractivity contribution is 7.89. The van der Waals surface area contributed by atoms with Gasteiger partial charge in [0, 0.05) is 18.7 Å². The molecular formula is C19H23N3O7S. The first-order chi connectivity index (χ1) is 14.2. The van der Waals surface area contributed by atoms with Crippen LogP contribution < -0.4 is 19.6 Å². The number of nitrogens with one attached hydrogen (secondary N) is 1. The van der Waals surface area contributed by atoms with Crippen LogP contribution in [0.2, 0.25) is 0 Å². The zero-order valence-corrected chi connectivity index (χ0v) is 17.8. The molecule has 0 saturated heterocycles. The molecule has 162 valence electrons. The summed E-state index contributed by atoms with van der Waals surface area (Å²) in [5.41, 5.74) is 2.53. The van der Waals surface area contributed by atoms with Gasteiger partial charge in [0.15, 0.2) is 11.5 Å². The van der Waals surface area contributed by atoms with Crippen molar-refractivity contribution in [2.24, 2.45) is 5.10 Å². The van der Waals surface area contributed by atoms with E-state index in [1.165, 1.54) is 46.7 Å². The maximum atomic E-state index is 12.9. The number of methoxy groups -OCH3 is 3. The lowest BCUT2D eigenvalue weighted by Crippen LogP contribution is -2.36. The Morgan fingerprint density at radius 2 is 1.83 bits per heavy atom. The lowest BCUT2D eigenvalue weighted by molar-refractivity contribution is -0.121. The predicted octanol–water partition coefficient (Wildman–Crippen LogP) is 1.19. The Bertz CT molecular complexity index is 1040. The summed E-state index contributed by atoms with van der Waals surface area (Å²) in [7, 11) is 1.37. The lowest BCUT2D eigenvalue weighted by Gasteiger charge is -2.18. The second-order valence-corrected chi connectivity index (χ2v) is 7.98. The van der Waals surface area contributed by atoms with Gasteiger partial charge in [0.25, 0.3) is 5.91 Å². The molecule has 0 radical (unpaired) electrons. The molecule has 0 fully saturated rings. The van der Waals surface area contributed by atoms with Gasteiger partial charge in [0.05, 0.1) is 34.1 Å². The largest absolute Gasteiger partial charge is 0.504 e. The molecule has 0 aliphatic carbocycles. The van der Waals surface area contributed by atoms with Crippen molar-refractivity contribution in [3.8, 4) is 23.0 Å². The van der Waals surface area contributed by atoms with Crippen LogP contribution in [0.4, 0.5) is 0 Å². The van der Waals surface area contributed by atoms with Gasteiger partial charge in [-0.3, -0.25) is 4.79 Å². The number of hydrazone groups is 1. The summed E-state index contributed by atoms with van der Waals surface area (Å²) in [6.45, 7) is -0.496. The average Bonchev–Trinajstić information content (AvgIpc) is 2.74. The van der Waals surface area contributed by atoms with Gasteiger partial charge in [-0.05, 0) is 24.3 Å². The monoisotopic (exact) mass is 437 g/mol. The van der Waals surface area contributed by atoms with E-state index in [0.717, 1.165) is 4.31 Å². The summed E-state index contributed by atoms with van der Waals surface area (Å²) in [6, 6.07) is 9.12. The molecule has 30 heavy (non-hydrogen) atoms. The first-order valence-corrected chi connectivity index (χ1v) is 10.0. The van der Waals surface area contributed by atoms with Crippen molar-refractivity contribution < 1.29 is 32.5 Å². The molecule has 1 amide bonds. The summed E-state index contributed by atoms with van der Waals surface area (Å²) in [4.78, 5) is 12.0. The van der Waals surface area contributed by atoms with Crippen molar-refractivity contribution in [1.29, 1.82) is 0 Å². The molecule has 0 aliphatic rings. The molecule has 0 aliphatic heterocycles. The third-order valence-electron chi connectivity index (χ3n) is 4.07. The maximum absolute atomic E-state index is 12.9. The van der Waals surface area contributed by atoms with Crippen LogP contribution in [0.3, 0.4) is 0 Å². The number of amides is 1. The molecule has 0 aromatic heterocycles. The van der Waals surface area contributed by atoms with E-state index in [0.29, 0.717) is 11.3 Å². The number of aromatic hydroxyl groups is 1. The SMILES string of the molecule is COc1ccc(OC)c(S(=O)(=O)N(C)CC(=O)NN=Cc2cccc(OC)c2O)c1. The number of carbonyl (C=O) groups is 1. The van der Waals surface area contributed by atoms with Crippen LogP contribution in [0.25, 0.3) is 0 Å². The van der Waals surface area contributed by atoms with Gasteiger partial charge in [0.1, 0.15) is 16.4 Å². The molecule has 2 rings (SSSR count). The van der Waals surface area contributed by atoms with Crippen LogP contribution in [0.5, 0.6) is 23.0 Å². The van der Waals surface area contributed by atoms with E-state index < -0.39 is 22.5 Å². The van der Waals surface area contributed by atoms with E-state index in [4.69, 9.17) is 14.2 Å². The summed E-state index contributed by atoms with van der Waals surface area (Å²) in [5.74, 6) is -0.114. The fourth-order valence-electron chi connectivity index (χ4n) is 2.46. The Labute approximate surface area is 174 Å². The molecule has 0 heterocycles. The zero-order valence-electron chi connectivity index (χ0n) is 16.9. The summed E-state index contributed by atoms with van der Waals surface area (Å²) < 4.78 is 41.7. The van der Waals surface area contributed by atoms with E-state index in [1.54, 1.807) is 24.3 Å². The lowest BCUT2D eigenvalue weighted by atomic mass is 10.2. The van der Waals surface area contributed by atoms with Gasteiger partial charge in [-0.1, -0.05) is 6.07 Å². The molecular weight excluding hydrogens is 414 g/mol. The second kappa shape index (κ2) is 9.94. The fraction of sp³-hybridized carbons (Fsp3) is 0.263. The zero-order chi connectivity index (χ0) is 22.3. The van der Waals surface area contributed by atoms with Crippen LogP contribution in [-0.4, -0.2) is 64.9 Å². The number of carbonyl (C=O) groups excluding carboxylic acids is 1. The Balaban J connectivity index is 2.10. The molecule has 10 nitrogen and oxygen atoms in total. The van der Waals surface area contributed by atoms with E-state index in [2.05, 4.69) is 10.5 Å². The van der Waals surface area contributed by atoms with Crippen LogP contribution in [-0.2, 0) is 14.8 Å². The summed E-state index contributed by atoms with van der Waals surface area (Å²) >= 11 is 0. The first-order valence-electron chi connectivity index (χ1n) is 8.60. The molecule has 0 spiro atoms. The van der Waals surface area contributed by atoms with Crippen molar-refractivity contribution in [2.45, 2.75) is 4.90 Å². The molecule has 2 N–H and O–H groups in total. The van der Waals surface area contributed by atoms with Crippen LogP contribution in [0.1, 0.15) is 5.56 Å². The molecule has 11 heteroatoms. The van der Waals surface area contributed by atoms with Gasteiger partial charge in [-0.25, -0.2) is 13.8 Å². The topological polar surface area (TPSA) is 127 Å². The van der Waals surface area contributed by atoms with Crippen LogP contribution in [0, 0.1) is 0 Å². The highest BCUT2D eigenvalue weighted by atomic mass is 32.2. The van der Waals surface area contributed by atoms with E-state index in [1.807, 2.05) is 0 Å². The number of hydrogen-bond acceptors (Lipinski definition) is 8. The molecule has 0 bridgehead atoms. The number of likely N-dealkylation sites (N-methyl/N-ethyl adjacent to an activating group) is 1. The number of phenolic OH excluding ortho intramolecular Hbond substituents is 1. The molecule has 0 saturated carbocycles. The van der Waals surface area contributed by atoms with Crippen LogP contribution >= 0.6 is 0 Å². The third kappa shape index (κ3) is 5.19. The van der Waals surface area contributed by atoms with Crippen molar-refractivity contribution in [1.82, 2.24) is 9.73 Å². The van der Waals surface area contributed by atoms with Crippen LogP contribution in [0.15, 0.2) is 46.4 Å². The Hall–Kier alpha value is -3.31. The van der Waals surface area contributed by atoms with Crippen molar-refractivity contribution in [3.63, 3.8) is 0 Å². The highest BCUT2D eigenvalue weighted by Crippen LogP contribution is 2.30. The van der Waals surface area contributed by atoms with E-state index in [-0.39, 0.29) is 22.1 Å². The Kier molecular flexibility index (Phi) is 7.61. The van der Waals surface area contributed by atoms with Crippen molar-refractivity contribution in [3.05, 3.63) is 42.0 Å². The smallest absolute Gasteiger partial charge is 0.255 e.